The zero-order valence-corrected chi connectivity index (χ0v) is 20.8. The largest absolute Gasteiger partial charge is 0.381 e. The first-order chi connectivity index (χ1) is 17.0. The standard InChI is InChI=1S/C29H37F3O3/c1-3-34-17-19-4-5-22(27(30)16-19)18-35-24-12-8-21(9-13-24)26-15-14-25(28(31)29(26)32)20-6-10-23(33-2)11-7-20/h4-5,14-16,20-21,23-24H,3,6-13,17-18H2,1-2H3. The molecule has 0 spiro atoms. The lowest BCUT2D eigenvalue weighted by Gasteiger charge is -2.30. The average molecular weight is 491 g/mol. The first kappa shape index (κ1) is 26.2. The summed E-state index contributed by atoms with van der Waals surface area (Å²) in [5.41, 5.74) is 2.31. The molecule has 2 saturated carbocycles. The zero-order valence-electron chi connectivity index (χ0n) is 20.8. The second-order valence-electron chi connectivity index (χ2n) is 9.93. The Morgan fingerprint density at radius 2 is 1.31 bits per heavy atom. The fourth-order valence-electron chi connectivity index (χ4n) is 5.59. The van der Waals surface area contributed by atoms with Crippen LogP contribution in [0.3, 0.4) is 0 Å². The molecule has 35 heavy (non-hydrogen) atoms. The van der Waals surface area contributed by atoms with E-state index >= 15 is 8.78 Å². The molecule has 2 aliphatic rings. The highest BCUT2D eigenvalue weighted by Gasteiger charge is 2.30. The summed E-state index contributed by atoms with van der Waals surface area (Å²) in [5.74, 6) is -1.61. The summed E-state index contributed by atoms with van der Waals surface area (Å²) in [6.45, 7) is 3.10. The zero-order chi connectivity index (χ0) is 24.8. The fourth-order valence-corrected chi connectivity index (χ4v) is 5.59. The third kappa shape index (κ3) is 6.46. The van der Waals surface area contributed by atoms with Crippen LogP contribution in [0.15, 0.2) is 30.3 Å². The van der Waals surface area contributed by atoms with Gasteiger partial charge in [-0.25, -0.2) is 13.2 Å². The summed E-state index contributed by atoms with van der Waals surface area (Å²) < 4.78 is 61.2. The highest BCUT2D eigenvalue weighted by Crippen LogP contribution is 2.40. The molecule has 0 amide bonds. The molecular formula is C29H37F3O3. The minimum atomic E-state index is -0.685. The van der Waals surface area contributed by atoms with Crippen LogP contribution >= 0.6 is 0 Å². The minimum Gasteiger partial charge on any atom is -0.381 e. The molecule has 2 aliphatic carbocycles. The molecule has 2 aromatic rings. The van der Waals surface area contributed by atoms with E-state index in [0.717, 1.165) is 56.9 Å². The molecule has 0 aromatic heterocycles. The second-order valence-corrected chi connectivity index (χ2v) is 9.93. The molecule has 0 bridgehead atoms. The lowest BCUT2D eigenvalue weighted by Crippen LogP contribution is -2.22. The molecule has 0 heterocycles. The number of rotatable bonds is 9. The lowest BCUT2D eigenvalue weighted by atomic mass is 9.79. The van der Waals surface area contributed by atoms with Crippen LogP contribution in [0, 0.1) is 17.5 Å². The maximum atomic E-state index is 15.1. The lowest BCUT2D eigenvalue weighted by molar-refractivity contribution is 0.0118. The fraction of sp³-hybridized carbons (Fsp3) is 0.586. The van der Waals surface area contributed by atoms with Crippen molar-refractivity contribution >= 4 is 0 Å². The number of ether oxygens (including phenoxy) is 3. The minimum absolute atomic E-state index is 0.00287. The van der Waals surface area contributed by atoms with Gasteiger partial charge in [0, 0.05) is 19.3 Å². The predicted molar refractivity (Wildman–Crippen MR) is 130 cm³/mol. The van der Waals surface area contributed by atoms with Gasteiger partial charge in [-0.3, -0.25) is 0 Å². The van der Waals surface area contributed by atoms with Gasteiger partial charge in [0.05, 0.1) is 25.4 Å². The number of halogens is 3. The van der Waals surface area contributed by atoms with E-state index in [4.69, 9.17) is 14.2 Å². The summed E-state index contributed by atoms with van der Waals surface area (Å²) in [4.78, 5) is 0. The van der Waals surface area contributed by atoms with E-state index in [2.05, 4.69) is 0 Å². The Balaban J connectivity index is 1.30. The SMILES string of the molecule is CCOCc1ccc(COC2CCC(c3ccc(C4CCC(OC)CC4)c(F)c3F)CC2)c(F)c1. The molecule has 6 heteroatoms. The van der Waals surface area contributed by atoms with Crippen molar-refractivity contribution in [1.29, 1.82) is 0 Å². The monoisotopic (exact) mass is 490 g/mol. The molecular weight excluding hydrogens is 453 g/mol. The third-order valence-corrected chi connectivity index (χ3v) is 7.77. The molecule has 0 atom stereocenters. The van der Waals surface area contributed by atoms with E-state index in [-0.39, 0.29) is 36.5 Å². The molecule has 0 saturated heterocycles. The van der Waals surface area contributed by atoms with E-state index < -0.39 is 11.6 Å². The van der Waals surface area contributed by atoms with Crippen molar-refractivity contribution in [3.8, 4) is 0 Å². The van der Waals surface area contributed by atoms with Crippen LogP contribution in [0.5, 0.6) is 0 Å². The van der Waals surface area contributed by atoms with Gasteiger partial charge in [0.15, 0.2) is 11.6 Å². The van der Waals surface area contributed by atoms with Crippen LogP contribution in [0.1, 0.15) is 92.4 Å². The molecule has 0 aliphatic heterocycles. The molecule has 3 nitrogen and oxygen atoms in total. The normalized spacial score (nSPS) is 25.1. The molecule has 192 valence electrons. The average Bonchev–Trinajstić information content (AvgIpc) is 2.89. The second kappa shape index (κ2) is 12.4. The Bertz CT molecular complexity index is 964. The van der Waals surface area contributed by atoms with E-state index in [1.54, 1.807) is 25.3 Å². The maximum absolute atomic E-state index is 15.1. The first-order valence-corrected chi connectivity index (χ1v) is 13.0. The summed E-state index contributed by atoms with van der Waals surface area (Å²) >= 11 is 0. The number of hydrogen-bond acceptors (Lipinski definition) is 3. The highest BCUT2D eigenvalue weighted by atomic mass is 19.2. The Kier molecular flexibility index (Phi) is 9.26. The molecule has 2 fully saturated rings. The van der Waals surface area contributed by atoms with Gasteiger partial charge >= 0.3 is 0 Å². The van der Waals surface area contributed by atoms with Gasteiger partial charge in [-0.15, -0.1) is 0 Å². The van der Waals surface area contributed by atoms with Gasteiger partial charge in [0.1, 0.15) is 5.82 Å². The van der Waals surface area contributed by atoms with Gasteiger partial charge in [0.2, 0.25) is 0 Å². The Hall–Kier alpha value is -1.89. The van der Waals surface area contributed by atoms with Gasteiger partial charge in [-0.1, -0.05) is 24.3 Å². The van der Waals surface area contributed by atoms with Crippen LogP contribution in [0.4, 0.5) is 13.2 Å². The van der Waals surface area contributed by atoms with Crippen LogP contribution in [0.2, 0.25) is 0 Å². The van der Waals surface area contributed by atoms with Crippen LogP contribution < -0.4 is 0 Å². The van der Waals surface area contributed by atoms with Gasteiger partial charge in [0.25, 0.3) is 0 Å². The van der Waals surface area contributed by atoms with Crippen LogP contribution in [-0.4, -0.2) is 25.9 Å². The van der Waals surface area contributed by atoms with Crippen LogP contribution in [0.25, 0.3) is 0 Å². The Morgan fingerprint density at radius 1 is 0.743 bits per heavy atom. The smallest absolute Gasteiger partial charge is 0.162 e. The first-order valence-electron chi connectivity index (χ1n) is 13.0. The topological polar surface area (TPSA) is 27.7 Å². The third-order valence-electron chi connectivity index (χ3n) is 7.77. The summed E-state index contributed by atoms with van der Waals surface area (Å²) in [7, 11) is 1.71. The van der Waals surface area contributed by atoms with Gasteiger partial charge in [-0.2, -0.15) is 0 Å². The quantitative estimate of drug-likeness (QED) is 0.363. The van der Waals surface area contributed by atoms with Gasteiger partial charge < -0.3 is 14.2 Å². The van der Waals surface area contributed by atoms with E-state index in [9.17, 15) is 4.39 Å². The molecule has 0 N–H and O–H groups in total. The van der Waals surface area contributed by atoms with Crippen molar-refractivity contribution in [2.24, 2.45) is 0 Å². The maximum Gasteiger partial charge on any atom is 0.162 e. The Labute approximate surface area is 207 Å². The van der Waals surface area contributed by atoms with Gasteiger partial charge in [-0.05, 0) is 92.9 Å². The number of hydrogen-bond donors (Lipinski definition) is 0. The van der Waals surface area contributed by atoms with Crippen molar-refractivity contribution in [2.75, 3.05) is 13.7 Å². The van der Waals surface area contributed by atoms with Crippen molar-refractivity contribution in [3.05, 3.63) is 70.0 Å². The molecule has 0 unspecified atom stereocenters. The van der Waals surface area contributed by atoms with E-state index in [1.807, 2.05) is 13.0 Å². The summed E-state index contributed by atoms with van der Waals surface area (Å²) in [5, 5.41) is 0. The van der Waals surface area contributed by atoms with Crippen molar-refractivity contribution in [2.45, 2.75) is 95.5 Å². The predicted octanol–water partition coefficient (Wildman–Crippen LogP) is 7.56. The van der Waals surface area contributed by atoms with E-state index in [1.165, 1.54) is 6.07 Å². The highest BCUT2D eigenvalue weighted by molar-refractivity contribution is 5.32. The summed E-state index contributed by atoms with van der Waals surface area (Å²) in [6, 6.07) is 8.69. The van der Waals surface area contributed by atoms with Crippen molar-refractivity contribution < 1.29 is 27.4 Å². The summed E-state index contributed by atoms with van der Waals surface area (Å²) in [6.07, 6.45) is 6.61. The van der Waals surface area contributed by atoms with Crippen LogP contribution in [-0.2, 0) is 27.4 Å². The number of benzene rings is 2. The van der Waals surface area contributed by atoms with E-state index in [0.29, 0.717) is 29.9 Å². The molecule has 2 aromatic carbocycles. The molecule has 0 radical (unpaired) electrons. The number of methoxy groups -OCH3 is 1. The Morgan fingerprint density at radius 3 is 1.83 bits per heavy atom. The van der Waals surface area contributed by atoms with Crippen molar-refractivity contribution in [3.63, 3.8) is 0 Å². The van der Waals surface area contributed by atoms with Crippen molar-refractivity contribution in [1.82, 2.24) is 0 Å². The molecule has 4 rings (SSSR count).